The fourth-order valence-corrected chi connectivity index (χ4v) is 1.80. The van der Waals surface area contributed by atoms with Gasteiger partial charge in [0.05, 0.1) is 0 Å². The molecule has 0 unspecified atom stereocenters. The molecule has 84 valence electrons. The molecule has 0 radical (unpaired) electrons. The summed E-state index contributed by atoms with van der Waals surface area (Å²) in [4.78, 5) is 17.7. The predicted octanol–water partition coefficient (Wildman–Crippen LogP) is 1.58. The van der Waals surface area contributed by atoms with E-state index in [9.17, 15) is 9.90 Å². The molecule has 1 N–H and O–H groups in total. The molecule has 0 bridgehead atoms. The van der Waals surface area contributed by atoms with Crippen molar-refractivity contribution in [3.8, 4) is 5.75 Å². The summed E-state index contributed by atoms with van der Waals surface area (Å²) >= 11 is 0. The van der Waals surface area contributed by atoms with Crippen molar-refractivity contribution < 1.29 is 9.90 Å². The Morgan fingerprint density at radius 3 is 3.06 bits per heavy atom. The van der Waals surface area contributed by atoms with Crippen molar-refractivity contribution in [2.75, 3.05) is 13.1 Å². The maximum atomic E-state index is 12.0. The largest absolute Gasteiger partial charge is 0.505 e. The SMILES string of the molecule is CC1=CCCN(C(=O)c2ncccc2O)C1. The van der Waals surface area contributed by atoms with Crippen molar-refractivity contribution in [1.82, 2.24) is 9.88 Å². The molecule has 0 aromatic carbocycles. The van der Waals surface area contributed by atoms with E-state index in [1.165, 1.54) is 17.8 Å². The number of aromatic hydroxyl groups is 1. The summed E-state index contributed by atoms with van der Waals surface area (Å²) in [5.74, 6) is -0.259. The highest BCUT2D eigenvalue weighted by Gasteiger charge is 2.21. The molecule has 0 atom stereocenters. The number of amides is 1. The summed E-state index contributed by atoms with van der Waals surface area (Å²) in [6.07, 6.45) is 4.51. The quantitative estimate of drug-likeness (QED) is 0.728. The van der Waals surface area contributed by atoms with Gasteiger partial charge in [-0.1, -0.05) is 11.6 Å². The Balaban J connectivity index is 2.20. The van der Waals surface area contributed by atoms with Gasteiger partial charge in [0.2, 0.25) is 0 Å². The number of nitrogens with zero attached hydrogens (tertiary/aromatic N) is 2. The lowest BCUT2D eigenvalue weighted by atomic mass is 10.1. The fraction of sp³-hybridized carbons (Fsp3) is 0.333. The van der Waals surface area contributed by atoms with Crippen molar-refractivity contribution >= 4 is 5.91 Å². The number of pyridine rings is 1. The second-order valence-corrected chi connectivity index (χ2v) is 3.94. The molecule has 4 nitrogen and oxygen atoms in total. The first kappa shape index (κ1) is 10.7. The van der Waals surface area contributed by atoms with E-state index in [2.05, 4.69) is 11.1 Å². The van der Waals surface area contributed by atoms with Gasteiger partial charge < -0.3 is 10.0 Å². The second-order valence-electron chi connectivity index (χ2n) is 3.94. The maximum Gasteiger partial charge on any atom is 0.276 e. The number of carbonyl (C=O) groups excluding carboxylic acids is 1. The van der Waals surface area contributed by atoms with E-state index in [-0.39, 0.29) is 17.4 Å². The highest BCUT2D eigenvalue weighted by Crippen LogP contribution is 2.17. The van der Waals surface area contributed by atoms with E-state index in [1.54, 1.807) is 11.0 Å². The van der Waals surface area contributed by atoms with Crippen LogP contribution >= 0.6 is 0 Å². The Kier molecular flexibility index (Phi) is 2.90. The molecule has 0 fully saturated rings. The van der Waals surface area contributed by atoms with Crippen LogP contribution < -0.4 is 0 Å². The lowest BCUT2D eigenvalue weighted by molar-refractivity contribution is 0.0756. The van der Waals surface area contributed by atoms with Gasteiger partial charge in [0.25, 0.3) is 5.91 Å². The van der Waals surface area contributed by atoms with Crippen LogP contribution in [0, 0.1) is 0 Å². The van der Waals surface area contributed by atoms with E-state index in [0.29, 0.717) is 13.1 Å². The van der Waals surface area contributed by atoms with Crippen LogP contribution in [0.3, 0.4) is 0 Å². The standard InChI is InChI=1S/C12H14N2O2/c1-9-4-3-7-14(8-9)12(16)11-10(15)5-2-6-13-11/h2,4-6,15H,3,7-8H2,1H3. The minimum atomic E-state index is -0.203. The summed E-state index contributed by atoms with van der Waals surface area (Å²) in [5.41, 5.74) is 1.31. The van der Waals surface area contributed by atoms with Gasteiger partial charge in [0.1, 0.15) is 5.75 Å². The van der Waals surface area contributed by atoms with E-state index in [1.807, 2.05) is 6.92 Å². The topological polar surface area (TPSA) is 53.4 Å². The normalized spacial score (nSPS) is 15.8. The van der Waals surface area contributed by atoms with Crippen LogP contribution in [-0.4, -0.2) is 34.0 Å². The first-order valence-corrected chi connectivity index (χ1v) is 5.27. The molecule has 0 saturated carbocycles. The zero-order valence-electron chi connectivity index (χ0n) is 9.18. The summed E-state index contributed by atoms with van der Waals surface area (Å²) in [6.45, 7) is 3.30. The summed E-state index contributed by atoms with van der Waals surface area (Å²) in [6, 6.07) is 3.08. The van der Waals surface area contributed by atoms with Crippen LogP contribution in [0.1, 0.15) is 23.8 Å². The van der Waals surface area contributed by atoms with Gasteiger partial charge in [-0.3, -0.25) is 4.79 Å². The third-order valence-electron chi connectivity index (χ3n) is 2.61. The van der Waals surface area contributed by atoms with Crippen molar-refractivity contribution in [2.24, 2.45) is 0 Å². The molecule has 2 rings (SSSR count). The monoisotopic (exact) mass is 218 g/mol. The lowest BCUT2D eigenvalue weighted by Gasteiger charge is -2.25. The van der Waals surface area contributed by atoms with Crippen LogP contribution in [0.2, 0.25) is 0 Å². The van der Waals surface area contributed by atoms with Crippen LogP contribution in [0.5, 0.6) is 5.75 Å². The average Bonchev–Trinajstić information content (AvgIpc) is 2.29. The predicted molar refractivity (Wildman–Crippen MR) is 60.2 cm³/mol. The number of hydrogen-bond acceptors (Lipinski definition) is 3. The van der Waals surface area contributed by atoms with Gasteiger partial charge in [-0.25, -0.2) is 4.98 Å². The molecule has 1 aromatic rings. The Bertz CT molecular complexity index is 440. The number of carbonyl (C=O) groups is 1. The fourth-order valence-electron chi connectivity index (χ4n) is 1.80. The first-order valence-electron chi connectivity index (χ1n) is 5.27. The van der Waals surface area contributed by atoms with Crippen molar-refractivity contribution in [3.63, 3.8) is 0 Å². The minimum absolute atomic E-state index is 0.0558. The molecule has 4 heteroatoms. The number of rotatable bonds is 1. The maximum absolute atomic E-state index is 12.0. The van der Waals surface area contributed by atoms with E-state index in [0.717, 1.165) is 6.42 Å². The molecular weight excluding hydrogens is 204 g/mol. The zero-order valence-corrected chi connectivity index (χ0v) is 9.18. The molecule has 0 spiro atoms. The molecule has 0 aliphatic carbocycles. The molecule has 1 aliphatic heterocycles. The van der Waals surface area contributed by atoms with Crippen LogP contribution in [0.4, 0.5) is 0 Å². The molecule has 16 heavy (non-hydrogen) atoms. The Hall–Kier alpha value is -1.84. The van der Waals surface area contributed by atoms with E-state index in [4.69, 9.17) is 0 Å². The molecule has 1 aromatic heterocycles. The van der Waals surface area contributed by atoms with Crippen molar-refractivity contribution in [1.29, 1.82) is 0 Å². The van der Waals surface area contributed by atoms with Crippen molar-refractivity contribution in [3.05, 3.63) is 35.7 Å². The van der Waals surface area contributed by atoms with Gasteiger partial charge in [0.15, 0.2) is 5.69 Å². The Labute approximate surface area is 94.2 Å². The number of hydrogen-bond donors (Lipinski definition) is 1. The van der Waals surface area contributed by atoms with Crippen LogP contribution in [-0.2, 0) is 0 Å². The Morgan fingerprint density at radius 1 is 1.56 bits per heavy atom. The van der Waals surface area contributed by atoms with Gasteiger partial charge in [-0.2, -0.15) is 0 Å². The molecule has 2 heterocycles. The molecule has 0 saturated heterocycles. The van der Waals surface area contributed by atoms with Crippen LogP contribution in [0.15, 0.2) is 30.0 Å². The smallest absolute Gasteiger partial charge is 0.276 e. The average molecular weight is 218 g/mol. The first-order chi connectivity index (χ1) is 7.68. The van der Waals surface area contributed by atoms with Gasteiger partial charge in [-0.15, -0.1) is 0 Å². The van der Waals surface area contributed by atoms with E-state index < -0.39 is 0 Å². The van der Waals surface area contributed by atoms with Crippen LogP contribution in [0.25, 0.3) is 0 Å². The second kappa shape index (κ2) is 4.35. The highest BCUT2D eigenvalue weighted by molar-refractivity contribution is 5.95. The third kappa shape index (κ3) is 2.05. The molecule has 1 amide bonds. The van der Waals surface area contributed by atoms with E-state index >= 15 is 0 Å². The molecular formula is C12H14N2O2. The highest BCUT2D eigenvalue weighted by atomic mass is 16.3. The third-order valence-corrected chi connectivity index (χ3v) is 2.61. The summed E-state index contributed by atoms with van der Waals surface area (Å²) < 4.78 is 0. The summed E-state index contributed by atoms with van der Waals surface area (Å²) in [7, 11) is 0. The summed E-state index contributed by atoms with van der Waals surface area (Å²) in [5, 5.41) is 9.55. The zero-order chi connectivity index (χ0) is 11.5. The van der Waals surface area contributed by atoms with Gasteiger partial charge >= 0.3 is 0 Å². The molecule has 1 aliphatic rings. The van der Waals surface area contributed by atoms with Gasteiger partial charge in [-0.05, 0) is 25.5 Å². The minimum Gasteiger partial charge on any atom is -0.505 e. The Morgan fingerprint density at radius 2 is 2.38 bits per heavy atom. The van der Waals surface area contributed by atoms with Gasteiger partial charge in [0, 0.05) is 19.3 Å². The number of aromatic nitrogens is 1. The lowest BCUT2D eigenvalue weighted by Crippen LogP contribution is -2.35. The van der Waals surface area contributed by atoms with Crippen molar-refractivity contribution in [2.45, 2.75) is 13.3 Å².